The van der Waals surface area contributed by atoms with Crippen LogP contribution in [0.4, 0.5) is 10.1 Å². The molecule has 0 radical (unpaired) electrons. The van der Waals surface area contributed by atoms with Crippen molar-refractivity contribution in [2.24, 2.45) is 0 Å². The molecule has 2 aromatic rings. The van der Waals surface area contributed by atoms with E-state index in [0.717, 1.165) is 6.08 Å². The van der Waals surface area contributed by atoms with E-state index in [4.69, 9.17) is 16.3 Å². The molecule has 0 aliphatic rings. The van der Waals surface area contributed by atoms with Gasteiger partial charge in [0.25, 0.3) is 5.91 Å². The molecule has 0 aliphatic heterocycles. The highest BCUT2D eigenvalue weighted by molar-refractivity contribution is 9.10. The largest absolute Gasteiger partial charge is 0.449 e. The first-order chi connectivity index (χ1) is 11.9. The third-order valence-corrected chi connectivity index (χ3v) is 3.83. The molecule has 1 aromatic carbocycles. The lowest BCUT2D eigenvalue weighted by Gasteiger charge is -2.12. The van der Waals surface area contributed by atoms with Gasteiger partial charge in [0.2, 0.25) is 0 Å². The Balaban J connectivity index is 1.95. The molecule has 1 aromatic heterocycles. The van der Waals surface area contributed by atoms with Crippen LogP contribution in [0.25, 0.3) is 6.08 Å². The Hall–Kier alpha value is -2.25. The third-order valence-electron chi connectivity index (χ3n) is 3.04. The summed E-state index contributed by atoms with van der Waals surface area (Å²) in [6, 6.07) is 7.49. The van der Waals surface area contributed by atoms with Crippen LogP contribution in [0.3, 0.4) is 0 Å². The van der Waals surface area contributed by atoms with Crippen molar-refractivity contribution in [3.63, 3.8) is 0 Å². The Morgan fingerprint density at radius 1 is 1.40 bits per heavy atom. The van der Waals surface area contributed by atoms with Crippen LogP contribution < -0.4 is 5.32 Å². The molecule has 0 saturated heterocycles. The number of hydrogen-bond donors (Lipinski definition) is 1. The highest BCUT2D eigenvalue weighted by Gasteiger charge is 2.17. The Morgan fingerprint density at radius 3 is 2.88 bits per heavy atom. The summed E-state index contributed by atoms with van der Waals surface area (Å²) in [5, 5.41) is 2.63. The van der Waals surface area contributed by atoms with Gasteiger partial charge < -0.3 is 10.1 Å². The van der Waals surface area contributed by atoms with Gasteiger partial charge in [0.05, 0.1) is 5.69 Å². The fraction of sp³-hybridized carbons (Fsp3) is 0.118. The third kappa shape index (κ3) is 5.65. The van der Waals surface area contributed by atoms with Gasteiger partial charge in [-0.05, 0) is 43.3 Å². The molecule has 0 fully saturated rings. The van der Waals surface area contributed by atoms with E-state index in [1.807, 2.05) is 0 Å². The lowest BCUT2D eigenvalue weighted by molar-refractivity contribution is -0.148. The van der Waals surface area contributed by atoms with E-state index >= 15 is 0 Å². The van der Waals surface area contributed by atoms with Crippen molar-refractivity contribution in [3.05, 3.63) is 63.6 Å². The number of hydrogen-bond acceptors (Lipinski definition) is 4. The van der Waals surface area contributed by atoms with Gasteiger partial charge in [-0.25, -0.2) is 14.2 Å². The van der Waals surface area contributed by atoms with Crippen LogP contribution in [0.15, 0.2) is 47.1 Å². The number of carbonyl (C=O) groups is 2. The van der Waals surface area contributed by atoms with Crippen molar-refractivity contribution in [3.8, 4) is 0 Å². The lowest BCUT2D eigenvalue weighted by atomic mass is 10.2. The topological polar surface area (TPSA) is 68.3 Å². The minimum Gasteiger partial charge on any atom is -0.449 e. The van der Waals surface area contributed by atoms with E-state index in [1.54, 1.807) is 18.2 Å². The first kappa shape index (κ1) is 19.1. The summed E-state index contributed by atoms with van der Waals surface area (Å²) < 4.78 is 19.2. The number of amides is 1. The van der Waals surface area contributed by atoms with Crippen LogP contribution in [0, 0.1) is 5.82 Å². The summed E-state index contributed by atoms with van der Waals surface area (Å²) in [4.78, 5) is 27.6. The zero-order valence-electron chi connectivity index (χ0n) is 13.0. The van der Waals surface area contributed by atoms with Crippen LogP contribution >= 0.6 is 27.5 Å². The molecule has 8 heteroatoms. The molecule has 1 N–H and O–H groups in total. The van der Waals surface area contributed by atoms with E-state index < -0.39 is 23.8 Å². The molecule has 25 heavy (non-hydrogen) atoms. The molecular formula is C17H13BrClFN2O3. The van der Waals surface area contributed by atoms with E-state index in [2.05, 4.69) is 26.2 Å². The number of pyridine rings is 1. The average Bonchev–Trinajstić information content (AvgIpc) is 2.57. The zero-order valence-corrected chi connectivity index (χ0v) is 15.3. The van der Waals surface area contributed by atoms with Crippen molar-refractivity contribution in [1.82, 2.24) is 4.98 Å². The maximum absolute atomic E-state index is 13.6. The Kier molecular flexibility index (Phi) is 6.66. The first-order valence-corrected chi connectivity index (χ1v) is 8.29. The summed E-state index contributed by atoms with van der Waals surface area (Å²) in [5.41, 5.74) is 0.523. The first-order valence-electron chi connectivity index (χ1n) is 7.12. The van der Waals surface area contributed by atoms with Crippen LogP contribution in [-0.4, -0.2) is 23.0 Å². The summed E-state index contributed by atoms with van der Waals surface area (Å²) in [7, 11) is 0. The van der Waals surface area contributed by atoms with Crippen molar-refractivity contribution < 1.29 is 18.7 Å². The van der Waals surface area contributed by atoms with Crippen molar-refractivity contribution >= 4 is 51.2 Å². The number of nitrogens with one attached hydrogen (secondary N) is 1. The summed E-state index contributed by atoms with van der Waals surface area (Å²) in [6.45, 7) is 1.41. The van der Waals surface area contributed by atoms with Gasteiger partial charge in [-0.3, -0.25) is 4.79 Å². The van der Waals surface area contributed by atoms with Gasteiger partial charge in [-0.2, -0.15) is 0 Å². The second-order valence-electron chi connectivity index (χ2n) is 4.91. The number of esters is 1. The van der Waals surface area contributed by atoms with Crippen LogP contribution in [0.5, 0.6) is 0 Å². The van der Waals surface area contributed by atoms with Gasteiger partial charge in [0.15, 0.2) is 11.3 Å². The quantitative estimate of drug-likeness (QED) is 0.441. The van der Waals surface area contributed by atoms with Gasteiger partial charge in [-0.15, -0.1) is 0 Å². The van der Waals surface area contributed by atoms with Crippen LogP contribution in [0.2, 0.25) is 5.15 Å². The normalized spacial score (nSPS) is 12.0. The molecule has 1 heterocycles. The second-order valence-corrected chi connectivity index (χ2v) is 6.18. The van der Waals surface area contributed by atoms with Crippen molar-refractivity contribution in [2.75, 3.05) is 5.32 Å². The molecular weight excluding hydrogens is 415 g/mol. The minimum absolute atomic E-state index is 0.124. The molecule has 5 nitrogen and oxygen atoms in total. The van der Waals surface area contributed by atoms with Gasteiger partial charge in [0, 0.05) is 22.3 Å². The van der Waals surface area contributed by atoms with Crippen LogP contribution in [-0.2, 0) is 14.3 Å². The summed E-state index contributed by atoms with van der Waals surface area (Å²) in [6.07, 6.45) is 2.73. The standard InChI is InChI=1S/C17H13BrClFN2O3/c1-10(17(24)22-14-3-2-8-21-16(14)19)25-15(23)7-4-11-9-12(18)5-6-13(11)20/h2-10H,1H3,(H,22,24)/b7-4+. The maximum atomic E-state index is 13.6. The number of aromatic nitrogens is 1. The molecule has 130 valence electrons. The molecule has 1 amide bonds. The van der Waals surface area contributed by atoms with Gasteiger partial charge >= 0.3 is 5.97 Å². The van der Waals surface area contributed by atoms with Crippen molar-refractivity contribution in [1.29, 1.82) is 0 Å². The van der Waals surface area contributed by atoms with Crippen molar-refractivity contribution in [2.45, 2.75) is 13.0 Å². The number of halogens is 3. The van der Waals surface area contributed by atoms with E-state index in [1.165, 1.54) is 31.3 Å². The van der Waals surface area contributed by atoms with E-state index in [9.17, 15) is 14.0 Å². The van der Waals surface area contributed by atoms with E-state index in [0.29, 0.717) is 10.2 Å². The number of anilines is 1. The Bertz CT molecular complexity index is 829. The number of rotatable bonds is 5. The van der Waals surface area contributed by atoms with Gasteiger partial charge in [-0.1, -0.05) is 27.5 Å². The Morgan fingerprint density at radius 2 is 2.16 bits per heavy atom. The monoisotopic (exact) mass is 426 g/mol. The smallest absolute Gasteiger partial charge is 0.331 e. The number of nitrogens with zero attached hydrogens (tertiary/aromatic N) is 1. The fourth-order valence-electron chi connectivity index (χ4n) is 1.78. The predicted octanol–water partition coefficient (Wildman–Crippen LogP) is 4.22. The van der Waals surface area contributed by atoms with Crippen LogP contribution in [0.1, 0.15) is 12.5 Å². The second kappa shape index (κ2) is 8.73. The van der Waals surface area contributed by atoms with E-state index in [-0.39, 0.29) is 10.7 Å². The molecule has 0 spiro atoms. The lowest BCUT2D eigenvalue weighted by Crippen LogP contribution is -2.29. The molecule has 1 atom stereocenters. The maximum Gasteiger partial charge on any atom is 0.331 e. The summed E-state index contributed by atoms with van der Waals surface area (Å²) >= 11 is 9.05. The highest BCUT2D eigenvalue weighted by Crippen LogP contribution is 2.18. The van der Waals surface area contributed by atoms with Gasteiger partial charge in [0.1, 0.15) is 5.82 Å². The average molecular weight is 428 g/mol. The minimum atomic E-state index is -1.07. The zero-order chi connectivity index (χ0) is 18.4. The Labute approximate surface area is 157 Å². The number of ether oxygens (including phenoxy) is 1. The molecule has 0 saturated carbocycles. The molecule has 2 rings (SSSR count). The highest BCUT2D eigenvalue weighted by atomic mass is 79.9. The number of benzene rings is 1. The summed E-state index contributed by atoms with van der Waals surface area (Å²) in [5.74, 6) is -1.83. The fourth-order valence-corrected chi connectivity index (χ4v) is 2.33. The molecule has 0 bridgehead atoms. The predicted molar refractivity (Wildman–Crippen MR) is 96.6 cm³/mol. The SMILES string of the molecule is CC(OC(=O)/C=C/c1cc(Br)ccc1F)C(=O)Nc1cccnc1Cl. The molecule has 1 unspecified atom stereocenters. The molecule has 0 aliphatic carbocycles. The number of carbonyl (C=O) groups excluding carboxylic acids is 2.